The summed E-state index contributed by atoms with van der Waals surface area (Å²) in [5, 5.41) is 11.8. The van der Waals surface area contributed by atoms with Crippen LogP contribution >= 0.6 is 23.8 Å². The fourth-order valence-corrected chi connectivity index (χ4v) is 2.44. The van der Waals surface area contributed by atoms with E-state index in [1.165, 1.54) is 0 Å². The molecule has 0 saturated carbocycles. The van der Waals surface area contributed by atoms with Gasteiger partial charge in [0.25, 0.3) is 0 Å². The van der Waals surface area contributed by atoms with Crippen molar-refractivity contribution in [3.63, 3.8) is 0 Å². The van der Waals surface area contributed by atoms with Gasteiger partial charge >= 0.3 is 0 Å². The van der Waals surface area contributed by atoms with Crippen molar-refractivity contribution >= 4 is 30.0 Å². The number of ether oxygens (including phenoxy) is 1. The summed E-state index contributed by atoms with van der Waals surface area (Å²) >= 11 is 11.0. The van der Waals surface area contributed by atoms with E-state index < -0.39 is 0 Å². The van der Waals surface area contributed by atoms with Crippen molar-refractivity contribution in [2.75, 3.05) is 0 Å². The molecule has 24 heavy (non-hydrogen) atoms. The molecule has 3 rings (SSSR count). The summed E-state index contributed by atoms with van der Waals surface area (Å²) in [5.41, 5.74) is 1.90. The second-order valence-electron chi connectivity index (χ2n) is 5.09. The highest BCUT2D eigenvalue weighted by atomic mass is 35.5. The fourth-order valence-electron chi connectivity index (χ4n) is 2.09. The number of rotatable bonds is 5. The second-order valence-corrected chi connectivity index (χ2v) is 5.91. The van der Waals surface area contributed by atoms with Crippen molar-refractivity contribution < 1.29 is 4.74 Å². The molecule has 0 spiro atoms. The number of para-hydroxylation sites is 1. The smallest absolute Gasteiger partial charge is 0.216 e. The summed E-state index contributed by atoms with van der Waals surface area (Å²) in [6.45, 7) is 2.28. The van der Waals surface area contributed by atoms with E-state index in [0.29, 0.717) is 22.2 Å². The summed E-state index contributed by atoms with van der Waals surface area (Å²) in [7, 11) is 0. The van der Waals surface area contributed by atoms with Crippen molar-refractivity contribution in [1.29, 1.82) is 0 Å². The minimum absolute atomic E-state index is 0.448. The van der Waals surface area contributed by atoms with E-state index in [9.17, 15) is 0 Å². The number of aryl methyl sites for hydroxylation is 1. The van der Waals surface area contributed by atoms with Crippen LogP contribution in [0.2, 0.25) is 5.02 Å². The molecule has 122 valence electrons. The molecule has 5 nitrogen and oxygen atoms in total. The van der Waals surface area contributed by atoms with Gasteiger partial charge in [0.1, 0.15) is 18.2 Å². The standard InChI is InChI=1S/C17H15ClN4OS/c1-12-20-21-17(24)22(12)19-10-14-4-2-3-5-16(14)23-11-13-6-8-15(18)9-7-13/h2-10H,11H2,1H3,(H,21,24)/b19-10-. The molecular weight excluding hydrogens is 344 g/mol. The van der Waals surface area contributed by atoms with Crippen molar-refractivity contribution in [2.24, 2.45) is 5.10 Å². The van der Waals surface area contributed by atoms with E-state index in [2.05, 4.69) is 15.3 Å². The van der Waals surface area contributed by atoms with Crippen LogP contribution in [0.15, 0.2) is 53.6 Å². The van der Waals surface area contributed by atoms with Gasteiger partial charge in [-0.25, -0.2) is 0 Å². The summed E-state index contributed by atoms with van der Waals surface area (Å²) in [5.74, 6) is 1.43. The van der Waals surface area contributed by atoms with E-state index in [1.807, 2.05) is 55.5 Å². The van der Waals surface area contributed by atoms with E-state index in [1.54, 1.807) is 10.9 Å². The lowest BCUT2D eigenvalue weighted by molar-refractivity contribution is 0.306. The molecule has 0 unspecified atom stereocenters. The molecule has 2 aromatic carbocycles. The lowest BCUT2D eigenvalue weighted by atomic mass is 10.2. The maximum Gasteiger partial charge on any atom is 0.216 e. The number of H-pyrrole nitrogens is 1. The van der Waals surface area contributed by atoms with Crippen LogP contribution < -0.4 is 4.74 Å². The molecule has 1 heterocycles. The Kier molecular flexibility index (Phi) is 5.08. The normalized spacial score (nSPS) is 11.1. The van der Waals surface area contributed by atoms with E-state index in [4.69, 9.17) is 28.6 Å². The van der Waals surface area contributed by atoms with Gasteiger partial charge in [0, 0.05) is 10.6 Å². The number of aromatic nitrogens is 3. The van der Waals surface area contributed by atoms with Gasteiger partial charge < -0.3 is 4.74 Å². The molecule has 0 saturated heterocycles. The maximum atomic E-state index is 5.90. The molecule has 0 radical (unpaired) electrons. The Labute approximate surface area is 149 Å². The van der Waals surface area contributed by atoms with Crippen LogP contribution in [0.25, 0.3) is 0 Å². The lowest BCUT2D eigenvalue weighted by Crippen LogP contribution is -1.99. The number of benzene rings is 2. The molecule has 0 aliphatic rings. The van der Waals surface area contributed by atoms with Crippen molar-refractivity contribution in [2.45, 2.75) is 13.5 Å². The topological polar surface area (TPSA) is 55.2 Å². The molecule has 0 atom stereocenters. The highest BCUT2D eigenvalue weighted by Gasteiger charge is 2.03. The van der Waals surface area contributed by atoms with E-state index >= 15 is 0 Å². The largest absolute Gasteiger partial charge is 0.488 e. The van der Waals surface area contributed by atoms with Crippen LogP contribution in [0.5, 0.6) is 5.75 Å². The van der Waals surface area contributed by atoms with Gasteiger partial charge in [-0.15, -0.1) is 0 Å². The second kappa shape index (κ2) is 7.42. The van der Waals surface area contributed by atoms with Crippen LogP contribution in [0.1, 0.15) is 17.0 Å². The molecule has 0 bridgehead atoms. The van der Waals surface area contributed by atoms with E-state index in [0.717, 1.165) is 16.9 Å². The molecular formula is C17H15ClN4OS. The SMILES string of the molecule is Cc1n[nH]c(=S)n1/N=C\c1ccccc1OCc1ccc(Cl)cc1. The molecule has 1 N–H and O–H groups in total. The Bertz CT molecular complexity index is 915. The number of nitrogens with zero attached hydrogens (tertiary/aromatic N) is 3. The van der Waals surface area contributed by atoms with Gasteiger partial charge in [0.2, 0.25) is 4.77 Å². The van der Waals surface area contributed by atoms with Gasteiger partial charge in [-0.3, -0.25) is 5.10 Å². The quantitative estimate of drug-likeness (QED) is 0.544. The number of nitrogens with one attached hydrogen (secondary N) is 1. The summed E-state index contributed by atoms with van der Waals surface area (Å²) in [6.07, 6.45) is 1.70. The van der Waals surface area contributed by atoms with Gasteiger partial charge in [-0.1, -0.05) is 35.9 Å². The minimum atomic E-state index is 0.448. The Morgan fingerprint density at radius 2 is 2.00 bits per heavy atom. The zero-order valence-electron chi connectivity index (χ0n) is 12.9. The lowest BCUT2D eigenvalue weighted by Gasteiger charge is -2.09. The van der Waals surface area contributed by atoms with Crippen LogP contribution in [0.3, 0.4) is 0 Å². The Morgan fingerprint density at radius 1 is 1.25 bits per heavy atom. The molecule has 1 aromatic heterocycles. The highest BCUT2D eigenvalue weighted by molar-refractivity contribution is 7.71. The predicted molar refractivity (Wildman–Crippen MR) is 97.4 cm³/mol. The van der Waals surface area contributed by atoms with E-state index in [-0.39, 0.29) is 0 Å². The average molecular weight is 359 g/mol. The number of halogens is 1. The molecule has 3 aromatic rings. The van der Waals surface area contributed by atoms with Gasteiger partial charge in [-0.2, -0.15) is 14.9 Å². The molecule has 0 fully saturated rings. The Morgan fingerprint density at radius 3 is 2.71 bits per heavy atom. The van der Waals surface area contributed by atoms with Crippen LogP contribution in [-0.2, 0) is 6.61 Å². The van der Waals surface area contributed by atoms with Crippen molar-refractivity contribution in [3.8, 4) is 5.75 Å². The van der Waals surface area contributed by atoms with Crippen molar-refractivity contribution in [3.05, 3.63) is 75.3 Å². The van der Waals surface area contributed by atoms with Gasteiger partial charge in [0.15, 0.2) is 0 Å². The predicted octanol–water partition coefficient (Wildman–Crippen LogP) is 4.36. The monoisotopic (exact) mass is 358 g/mol. The first kappa shape index (κ1) is 16.4. The number of aromatic amines is 1. The van der Waals surface area contributed by atoms with Gasteiger partial charge in [0.05, 0.1) is 6.21 Å². The summed E-state index contributed by atoms with van der Waals surface area (Å²) < 4.78 is 7.91. The first-order valence-corrected chi connectivity index (χ1v) is 8.07. The van der Waals surface area contributed by atoms with Crippen molar-refractivity contribution in [1.82, 2.24) is 14.9 Å². The number of hydrogen-bond acceptors (Lipinski definition) is 4. The maximum absolute atomic E-state index is 5.90. The summed E-state index contributed by atoms with van der Waals surface area (Å²) in [4.78, 5) is 0. The molecule has 0 aliphatic heterocycles. The first-order chi connectivity index (χ1) is 11.6. The molecule has 7 heteroatoms. The van der Waals surface area contributed by atoms with Crippen LogP contribution in [0, 0.1) is 11.7 Å². The number of hydrogen-bond donors (Lipinski definition) is 1. The molecule has 0 aliphatic carbocycles. The third kappa shape index (κ3) is 3.90. The Balaban J connectivity index is 1.78. The zero-order valence-corrected chi connectivity index (χ0v) is 14.5. The zero-order chi connectivity index (χ0) is 16.9. The Hall–Kier alpha value is -2.44. The third-order valence-electron chi connectivity index (χ3n) is 3.35. The third-order valence-corrected chi connectivity index (χ3v) is 3.87. The average Bonchev–Trinajstić information content (AvgIpc) is 2.91. The van der Waals surface area contributed by atoms with Gasteiger partial charge in [-0.05, 0) is 49.0 Å². The summed E-state index contributed by atoms with van der Waals surface area (Å²) in [6, 6.07) is 15.2. The highest BCUT2D eigenvalue weighted by Crippen LogP contribution is 2.18. The molecule has 0 amide bonds. The first-order valence-electron chi connectivity index (χ1n) is 7.28. The van der Waals surface area contributed by atoms with Crippen LogP contribution in [-0.4, -0.2) is 21.1 Å². The van der Waals surface area contributed by atoms with Crippen LogP contribution in [0.4, 0.5) is 0 Å². The minimum Gasteiger partial charge on any atom is -0.488 e. The fraction of sp³-hybridized carbons (Fsp3) is 0.118.